The molecule has 1 aliphatic heterocycles. The van der Waals surface area contributed by atoms with Gasteiger partial charge in [-0.15, -0.1) is 6.58 Å². The van der Waals surface area contributed by atoms with Gasteiger partial charge in [-0.1, -0.05) is 6.08 Å². The predicted molar refractivity (Wildman–Crippen MR) is 81.6 cm³/mol. The summed E-state index contributed by atoms with van der Waals surface area (Å²) in [6.45, 7) is 7.30. The highest BCUT2D eigenvalue weighted by Crippen LogP contribution is 2.32. The van der Waals surface area contributed by atoms with Gasteiger partial charge in [0, 0.05) is 44.7 Å². The standard InChI is InChI=1S/C15H26N4O2/c1-2-6-17-13(20)12-18-7-9-19(10-8-18)14(21)11-15(16)4-3-5-15/h2H,1,3-12,16H2,(H,17,20). The largest absolute Gasteiger partial charge is 0.352 e. The molecule has 6 heteroatoms. The summed E-state index contributed by atoms with van der Waals surface area (Å²) in [6.07, 6.45) is 5.19. The van der Waals surface area contributed by atoms with Gasteiger partial charge in [-0.2, -0.15) is 0 Å². The van der Waals surface area contributed by atoms with Gasteiger partial charge in [0.15, 0.2) is 0 Å². The smallest absolute Gasteiger partial charge is 0.234 e. The van der Waals surface area contributed by atoms with E-state index in [0.717, 1.165) is 32.4 Å². The van der Waals surface area contributed by atoms with Crippen LogP contribution in [0.1, 0.15) is 25.7 Å². The van der Waals surface area contributed by atoms with Crippen LogP contribution in [0.2, 0.25) is 0 Å². The molecule has 0 unspecified atom stereocenters. The Bertz CT molecular complexity index is 398. The topological polar surface area (TPSA) is 78.7 Å². The number of hydrogen-bond acceptors (Lipinski definition) is 4. The van der Waals surface area contributed by atoms with Gasteiger partial charge in [0.2, 0.25) is 11.8 Å². The van der Waals surface area contributed by atoms with Crippen LogP contribution >= 0.6 is 0 Å². The summed E-state index contributed by atoms with van der Waals surface area (Å²) in [4.78, 5) is 27.8. The van der Waals surface area contributed by atoms with E-state index in [0.29, 0.717) is 32.6 Å². The zero-order valence-electron chi connectivity index (χ0n) is 12.6. The average Bonchev–Trinajstić information content (AvgIpc) is 2.44. The number of hydrogen-bond donors (Lipinski definition) is 2. The molecule has 1 aliphatic carbocycles. The normalized spacial score (nSPS) is 21.5. The van der Waals surface area contributed by atoms with Gasteiger partial charge in [0.1, 0.15) is 0 Å². The van der Waals surface area contributed by atoms with Gasteiger partial charge in [-0.3, -0.25) is 14.5 Å². The van der Waals surface area contributed by atoms with Crippen LogP contribution in [0, 0.1) is 0 Å². The van der Waals surface area contributed by atoms with Crippen molar-refractivity contribution in [3.05, 3.63) is 12.7 Å². The summed E-state index contributed by atoms with van der Waals surface area (Å²) in [5.41, 5.74) is 5.88. The first-order valence-electron chi connectivity index (χ1n) is 7.69. The number of rotatable bonds is 6. The highest BCUT2D eigenvalue weighted by atomic mass is 16.2. The summed E-state index contributed by atoms with van der Waals surface area (Å²) in [6, 6.07) is 0. The van der Waals surface area contributed by atoms with E-state index in [-0.39, 0.29) is 17.4 Å². The average molecular weight is 294 g/mol. The Morgan fingerprint density at radius 2 is 1.90 bits per heavy atom. The Kier molecular flexibility index (Phi) is 5.36. The van der Waals surface area contributed by atoms with Crippen LogP contribution < -0.4 is 11.1 Å². The first kappa shape index (κ1) is 16.0. The number of nitrogens with two attached hydrogens (primary N) is 1. The lowest BCUT2D eigenvalue weighted by atomic mass is 9.75. The predicted octanol–water partition coefficient (Wildman–Crippen LogP) is -0.296. The molecular formula is C15H26N4O2. The van der Waals surface area contributed by atoms with Crippen LogP contribution in [0.5, 0.6) is 0 Å². The van der Waals surface area contributed by atoms with Gasteiger partial charge in [-0.05, 0) is 19.3 Å². The van der Waals surface area contributed by atoms with Crippen LogP contribution in [0.4, 0.5) is 0 Å². The summed E-state index contributed by atoms with van der Waals surface area (Å²) < 4.78 is 0. The molecule has 21 heavy (non-hydrogen) atoms. The van der Waals surface area contributed by atoms with Crippen molar-refractivity contribution in [2.45, 2.75) is 31.2 Å². The Balaban J connectivity index is 1.69. The van der Waals surface area contributed by atoms with Gasteiger partial charge >= 0.3 is 0 Å². The van der Waals surface area contributed by atoms with E-state index >= 15 is 0 Å². The Morgan fingerprint density at radius 1 is 1.24 bits per heavy atom. The first-order valence-corrected chi connectivity index (χ1v) is 7.69. The number of carbonyl (C=O) groups excluding carboxylic acids is 2. The molecule has 2 rings (SSSR count). The van der Waals surface area contributed by atoms with Gasteiger partial charge < -0.3 is 16.0 Å². The fourth-order valence-electron chi connectivity index (χ4n) is 2.82. The third-order valence-corrected chi connectivity index (χ3v) is 4.39. The zero-order chi connectivity index (χ0) is 15.3. The fraction of sp³-hybridized carbons (Fsp3) is 0.733. The third kappa shape index (κ3) is 4.54. The zero-order valence-corrected chi connectivity index (χ0v) is 12.6. The summed E-state index contributed by atoms with van der Waals surface area (Å²) in [5.74, 6) is 0.165. The number of piperazine rings is 1. The SMILES string of the molecule is C=CCNC(=O)CN1CCN(C(=O)CC2(N)CCC2)CC1. The van der Waals surface area contributed by atoms with E-state index in [2.05, 4.69) is 16.8 Å². The minimum absolute atomic E-state index is 0.00468. The molecule has 1 heterocycles. The summed E-state index contributed by atoms with van der Waals surface area (Å²) in [7, 11) is 0. The molecule has 0 aromatic carbocycles. The van der Waals surface area contributed by atoms with E-state index < -0.39 is 0 Å². The van der Waals surface area contributed by atoms with E-state index in [1.807, 2.05) is 4.90 Å². The molecule has 1 saturated carbocycles. The number of carbonyl (C=O) groups is 2. The van der Waals surface area contributed by atoms with Gasteiger partial charge in [-0.25, -0.2) is 0 Å². The fourth-order valence-corrected chi connectivity index (χ4v) is 2.82. The van der Waals surface area contributed by atoms with Crippen LogP contribution in [-0.2, 0) is 9.59 Å². The highest BCUT2D eigenvalue weighted by molar-refractivity contribution is 5.79. The maximum absolute atomic E-state index is 12.2. The second-order valence-electron chi connectivity index (χ2n) is 6.14. The van der Waals surface area contributed by atoms with E-state index in [1.54, 1.807) is 6.08 Å². The number of nitrogens with zero attached hydrogens (tertiary/aromatic N) is 2. The maximum atomic E-state index is 12.2. The second kappa shape index (κ2) is 7.04. The lowest BCUT2D eigenvalue weighted by Crippen LogP contribution is -2.55. The van der Waals surface area contributed by atoms with E-state index in [4.69, 9.17) is 5.73 Å². The van der Waals surface area contributed by atoms with Crippen molar-refractivity contribution in [2.75, 3.05) is 39.3 Å². The second-order valence-corrected chi connectivity index (χ2v) is 6.14. The van der Waals surface area contributed by atoms with Crippen molar-refractivity contribution in [3.8, 4) is 0 Å². The van der Waals surface area contributed by atoms with Crippen LogP contribution in [0.15, 0.2) is 12.7 Å². The van der Waals surface area contributed by atoms with Crippen LogP contribution in [-0.4, -0.2) is 66.4 Å². The minimum Gasteiger partial charge on any atom is -0.352 e. The lowest BCUT2D eigenvalue weighted by Gasteiger charge is -2.40. The molecule has 0 bridgehead atoms. The molecule has 2 fully saturated rings. The van der Waals surface area contributed by atoms with Crippen molar-refractivity contribution >= 4 is 11.8 Å². The van der Waals surface area contributed by atoms with Crippen molar-refractivity contribution < 1.29 is 9.59 Å². The molecule has 0 radical (unpaired) electrons. The van der Waals surface area contributed by atoms with E-state index in [1.165, 1.54) is 0 Å². The number of amides is 2. The van der Waals surface area contributed by atoms with E-state index in [9.17, 15) is 9.59 Å². The Labute approximate surface area is 126 Å². The molecule has 0 aromatic rings. The number of nitrogens with one attached hydrogen (secondary N) is 1. The molecule has 3 N–H and O–H groups in total. The highest BCUT2D eigenvalue weighted by Gasteiger charge is 2.36. The summed E-state index contributed by atoms with van der Waals surface area (Å²) >= 11 is 0. The molecule has 0 spiro atoms. The molecule has 2 aliphatic rings. The molecule has 0 aromatic heterocycles. The van der Waals surface area contributed by atoms with Crippen molar-refractivity contribution in [1.82, 2.24) is 15.1 Å². The Morgan fingerprint density at radius 3 is 2.43 bits per heavy atom. The maximum Gasteiger partial charge on any atom is 0.234 e. The summed E-state index contributed by atoms with van der Waals surface area (Å²) in [5, 5.41) is 2.76. The van der Waals surface area contributed by atoms with Crippen molar-refractivity contribution in [2.24, 2.45) is 5.73 Å². The molecule has 0 atom stereocenters. The molecule has 118 valence electrons. The first-order chi connectivity index (χ1) is 10.0. The van der Waals surface area contributed by atoms with Crippen LogP contribution in [0.3, 0.4) is 0 Å². The minimum atomic E-state index is -0.251. The monoisotopic (exact) mass is 294 g/mol. The lowest BCUT2D eigenvalue weighted by molar-refractivity contribution is -0.135. The van der Waals surface area contributed by atoms with Crippen LogP contribution in [0.25, 0.3) is 0 Å². The Hall–Kier alpha value is -1.40. The molecule has 1 saturated heterocycles. The van der Waals surface area contributed by atoms with Crippen molar-refractivity contribution in [3.63, 3.8) is 0 Å². The quantitative estimate of drug-likeness (QED) is 0.660. The van der Waals surface area contributed by atoms with Gasteiger partial charge in [0.25, 0.3) is 0 Å². The third-order valence-electron chi connectivity index (χ3n) is 4.39. The molecule has 6 nitrogen and oxygen atoms in total. The van der Waals surface area contributed by atoms with Gasteiger partial charge in [0.05, 0.1) is 6.54 Å². The van der Waals surface area contributed by atoms with Crippen molar-refractivity contribution in [1.29, 1.82) is 0 Å². The molecule has 2 amide bonds. The molecular weight excluding hydrogens is 268 g/mol.